The highest BCUT2D eigenvalue weighted by Gasteiger charge is 2.27. The summed E-state index contributed by atoms with van der Waals surface area (Å²) in [6, 6.07) is 3.22. The number of rotatable bonds is 12. The summed E-state index contributed by atoms with van der Waals surface area (Å²) in [5.41, 5.74) is 4.21. The van der Waals surface area contributed by atoms with Gasteiger partial charge in [0.2, 0.25) is 0 Å². The van der Waals surface area contributed by atoms with Gasteiger partial charge < -0.3 is 38.9 Å². The molecule has 12 nitrogen and oxygen atoms in total. The van der Waals surface area contributed by atoms with Gasteiger partial charge in [0.15, 0.2) is 11.5 Å². The Balaban J connectivity index is 2.96. The van der Waals surface area contributed by atoms with Gasteiger partial charge in [-0.2, -0.15) is 0 Å². The first-order chi connectivity index (χ1) is 18.8. The molecule has 1 aromatic rings. The molecule has 1 rings (SSSR count). The molecule has 0 saturated heterocycles. The Kier molecular flexibility index (Phi) is 12.9. The van der Waals surface area contributed by atoms with Crippen LogP contribution >= 0.6 is 0 Å². The van der Waals surface area contributed by atoms with Crippen molar-refractivity contribution in [3.8, 4) is 11.5 Å². The van der Waals surface area contributed by atoms with Crippen molar-refractivity contribution in [1.82, 2.24) is 0 Å². The molecule has 0 aliphatic carbocycles. The zero-order valence-electron chi connectivity index (χ0n) is 25.8. The predicted octanol–water partition coefficient (Wildman–Crippen LogP) is 5.85. The standard InChI is InChI=1S/C29H45NO11/c1-11-28(7,8)40-25(33)37-21-14-13-19(16-22(21)38-26(34)41-29(9,10)12-2)15-20(30)23(31)35-17-18(3)36-24(32)39-27(4,5)6/h13-14,16,18,20H,11-12,15,17,30H2,1-10H3/t18-,20-/m0/s1. The first-order valence-electron chi connectivity index (χ1n) is 13.5. The van der Waals surface area contributed by atoms with Crippen LogP contribution in [0.2, 0.25) is 0 Å². The summed E-state index contributed by atoms with van der Waals surface area (Å²) < 4.78 is 36.6. The number of benzene rings is 1. The minimum atomic E-state index is -1.11. The van der Waals surface area contributed by atoms with Crippen LogP contribution in [0.3, 0.4) is 0 Å². The molecule has 0 unspecified atom stereocenters. The van der Waals surface area contributed by atoms with E-state index in [0.717, 1.165) is 0 Å². The maximum Gasteiger partial charge on any atom is 0.514 e. The molecule has 0 amide bonds. The lowest BCUT2D eigenvalue weighted by Crippen LogP contribution is -2.36. The van der Waals surface area contributed by atoms with Gasteiger partial charge in [0.25, 0.3) is 0 Å². The lowest BCUT2D eigenvalue weighted by molar-refractivity contribution is -0.148. The monoisotopic (exact) mass is 583 g/mol. The van der Waals surface area contributed by atoms with E-state index in [1.54, 1.807) is 54.5 Å². The molecular formula is C29H45NO11. The van der Waals surface area contributed by atoms with E-state index >= 15 is 0 Å². The number of nitrogens with two attached hydrogens (primary N) is 1. The van der Waals surface area contributed by atoms with E-state index < -0.39 is 53.4 Å². The topological polar surface area (TPSA) is 159 Å². The second-order valence-corrected chi connectivity index (χ2v) is 11.7. The number of carbonyl (C=O) groups excluding carboxylic acids is 4. The summed E-state index contributed by atoms with van der Waals surface area (Å²) in [4.78, 5) is 49.1. The van der Waals surface area contributed by atoms with E-state index in [4.69, 9.17) is 38.9 Å². The Bertz CT molecular complexity index is 1060. The third-order valence-electron chi connectivity index (χ3n) is 5.72. The molecule has 0 saturated carbocycles. The van der Waals surface area contributed by atoms with E-state index in [-0.39, 0.29) is 24.5 Å². The van der Waals surface area contributed by atoms with Gasteiger partial charge in [0, 0.05) is 0 Å². The molecule has 0 bridgehead atoms. The third kappa shape index (κ3) is 14.1. The molecule has 1 aromatic carbocycles. The van der Waals surface area contributed by atoms with Gasteiger partial charge in [-0.1, -0.05) is 19.9 Å². The van der Waals surface area contributed by atoms with Crippen molar-refractivity contribution in [2.24, 2.45) is 5.73 Å². The van der Waals surface area contributed by atoms with Crippen LogP contribution in [0.25, 0.3) is 0 Å². The Hall–Kier alpha value is -3.54. The van der Waals surface area contributed by atoms with Crippen LogP contribution in [0.5, 0.6) is 11.5 Å². The summed E-state index contributed by atoms with van der Waals surface area (Å²) in [6.45, 7) is 17.0. The van der Waals surface area contributed by atoms with Gasteiger partial charge >= 0.3 is 24.4 Å². The van der Waals surface area contributed by atoms with Gasteiger partial charge in [0.1, 0.15) is 35.6 Å². The lowest BCUT2D eigenvalue weighted by Gasteiger charge is -2.24. The molecule has 2 atom stereocenters. The largest absolute Gasteiger partial charge is 0.514 e. The molecule has 2 N–H and O–H groups in total. The first kappa shape index (κ1) is 35.5. The van der Waals surface area contributed by atoms with Crippen molar-refractivity contribution in [1.29, 1.82) is 0 Å². The number of carbonyl (C=O) groups is 4. The molecule has 232 valence electrons. The average molecular weight is 584 g/mol. The fourth-order valence-electron chi connectivity index (χ4n) is 2.78. The van der Waals surface area contributed by atoms with Crippen molar-refractivity contribution in [3.05, 3.63) is 23.8 Å². The quantitative estimate of drug-likeness (QED) is 0.178. The molecule has 0 heterocycles. The van der Waals surface area contributed by atoms with Crippen molar-refractivity contribution >= 4 is 24.4 Å². The highest BCUT2D eigenvalue weighted by atomic mass is 16.8. The zero-order valence-corrected chi connectivity index (χ0v) is 25.8. The molecular weight excluding hydrogens is 538 g/mol. The minimum absolute atomic E-state index is 0.0143. The number of ether oxygens (including phenoxy) is 7. The maximum atomic E-state index is 12.5. The maximum absolute atomic E-state index is 12.5. The summed E-state index contributed by atoms with van der Waals surface area (Å²) >= 11 is 0. The highest BCUT2D eigenvalue weighted by molar-refractivity contribution is 5.76. The van der Waals surface area contributed by atoms with Gasteiger partial charge in [-0.25, -0.2) is 14.4 Å². The van der Waals surface area contributed by atoms with Crippen molar-refractivity contribution in [2.75, 3.05) is 6.61 Å². The normalized spacial score (nSPS) is 13.3. The van der Waals surface area contributed by atoms with Crippen molar-refractivity contribution in [2.45, 2.75) is 117 Å². The molecule has 12 heteroatoms. The van der Waals surface area contributed by atoms with Crippen LogP contribution in [0.4, 0.5) is 14.4 Å². The Morgan fingerprint density at radius 3 is 1.78 bits per heavy atom. The molecule has 0 aliphatic rings. The second-order valence-electron chi connectivity index (χ2n) is 11.7. The smallest absolute Gasteiger partial charge is 0.461 e. The van der Waals surface area contributed by atoms with Crippen molar-refractivity contribution in [3.63, 3.8) is 0 Å². The zero-order chi connectivity index (χ0) is 31.6. The van der Waals surface area contributed by atoms with E-state index in [0.29, 0.717) is 18.4 Å². The highest BCUT2D eigenvalue weighted by Crippen LogP contribution is 2.31. The van der Waals surface area contributed by atoms with Gasteiger partial charge in [-0.05, 0) is 92.3 Å². The number of esters is 1. The summed E-state index contributed by atoms with van der Waals surface area (Å²) in [6.07, 6.45) is -2.59. The van der Waals surface area contributed by atoms with Gasteiger partial charge in [-0.3, -0.25) is 4.79 Å². The van der Waals surface area contributed by atoms with Crippen molar-refractivity contribution < 1.29 is 52.3 Å². The van der Waals surface area contributed by atoms with E-state index in [2.05, 4.69) is 0 Å². The molecule has 0 fully saturated rings. The van der Waals surface area contributed by atoms with E-state index in [1.165, 1.54) is 19.1 Å². The van der Waals surface area contributed by atoms with E-state index in [9.17, 15) is 19.2 Å². The van der Waals surface area contributed by atoms with Crippen LogP contribution in [0, 0.1) is 0 Å². The summed E-state index contributed by atoms with van der Waals surface area (Å²) in [5.74, 6) is -0.978. The van der Waals surface area contributed by atoms with Gasteiger partial charge in [-0.15, -0.1) is 0 Å². The SMILES string of the molecule is CCC(C)(C)OC(=O)Oc1ccc(C[C@H](N)C(=O)OC[C@H](C)OC(=O)OC(C)(C)C)cc1OC(=O)OC(C)(C)CC. The molecule has 0 radical (unpaired) electrons. The molecule has 41 heavy (non-hydrogen) atoms. The van der Waals surface area contributed by atoms with Crippen LogP contribution in [-0.2, 0) is 34.9 Å². The minimum Gasteiger partial charge on any atom is -0.461 e. The third-order valence-corrected chi connectivity index (χ3v) is 5.72. The van der Waals surface area contributed by atoms with Crippen LogP contribution in [-0.4, -0.2) is 60.0 Å². The number of hydrogen-bond acceptors (Lipinski definition) is 12. The average Bonchev–Trinajstić information content (AvgIpc) is 2.82. The van der Waals surface area contributed by atoms with Crippen LogP contribution in [0.15, 0.2) is 18.2 Å². The van der Waals surface area contributed by atoms with E-state index in [1.807, 2.05) is 13.8 Å². The Morgan fingerprint density at radius 2 is 1.29 bits per heavy atom. The summed E-state index contributed by atoms with van der Waals surface area (Å²) in [5, 5.41) is 0. The predicted molar refractivity (Wildman–Crippen MR) is 149 cm³/mol. The van der Waals surface area contributed by atoms with Crippen LogP contribution < -0.4 is 15.2 Å². The van der Waals surface area contributed by atoms with Gasteiger partial charge in [0.05, 0.1) is 0 Å². The molecule has 0 aliphatic heterocycles. The fourth-order valence-corrected chi connectivity index (χ4v) is 2.78. The van der Waals surface area contributed by atoms with Crippen LogP contribution in [0.1, 0.15) is 87.6 Å². The Labute approximate surface area is 242 Å². The Morgan fingerprint density at radius 1 is 0.780 bits per heavy atom. The molecule has 0 aromatic heterocycles. The first-order valence-corrected chi connectivity index (χ1v) is 13.5. The second kappa shape index (κ2) is 14.9. The fraction of sp³-hybridized carbons (Fsp3) is 0.655. The summed E-state index contributed by atoms with van der Waals surface area (Å²) in [7, 11) is 0. The molecule has 0 spiro atoms. The lowest BCUT2D eigenvalue weighted by atomic mass is 10.1. The number of hydrogen-bond donors (Lipinski definition) is 1.